The van der Waals surface area contributed by atoms with E-state index in [2.05, 4.69) is 13.8 Å². The summed E-state index contributed by atoms with van der Waals surface area (Å²) in [7, 11) is 0. The van der Waals surface area contributed by atoms with E-state index in [1.165, 1.54) is 24.2 Å². The molecule has 96 valence electrons. The van der Waals surface area contributed by atoms with Gasteiger partial charge in [-0.05, 0) is 23.8 Å². The van der Waals surface area contributed by atoms with E-state index in [0.29, 0.717) is 17.4 Å². The molecule has 0 aliphatic rings. The lowest BCUT2D eigenvalue weighted by molar-refractivity contribution is 0.0961. The van der Waals surface area contributed by atoms with Gasteiger partial charge < -0.3 is 0 Å². The molecule has 0 aliphatic heterocycles. The second-order valence-electron chi connectivity index (χ2n) is 4.61. The lowest BCUT2D eigenvalue weighted by Gasteiger charge is -2.12. The van der Waals surface area contributed by atoms with Crippen molar-refractivity contribution >= 4 is 28.7 Å². The van der Waals surface area contributed by atoms with Crippen LogP contribution in [-0.4, -0.2) is 5.78 Å². The van der Waals surface area contributed by atoms with Crippen LogP contribution in [0.15, 0.2) is 5.38 Å². The summed E-state index contributed by atoms with van der Waals surface area (Å²) in [5.41, 5.74) is 1.02. The van der Waals surface area contributed by atoms with Crippen LogP contribution in [0.2, 0.25) is 5.02 Å². The molecule has 1 aromatic rings. The summed E-state index contributed by atoms with van der Waals surface area (Å²) in [6.45, 7) is 6.30. The topological polar surface area (TPSA) is 17.1 Å². The number of carbonyl (C=O) groups is 1. The van der Waals surface area contributed by atoms with E-state index < -0.39 is 0 Å². The maximum absolute atomic E-state index is 12.1. The van der Waals surface area contributed by atoms with Crippen molar-refractivity contribution in [2.45, 2.75) is 52.9 Å². The van der Waals surface area contributed by atoms with E-state index in [9.17, 15) is 4.79 Å². The molecule has 0 amide bonds. The molecule has 3 heteroatoms. The Morgan fingerprint density at radius 2 is 2.18 bits per heavy atom. The molecule has 1 atom stereocenters. The molecule has 0 N–H and O–H groups in total. The average molecular weight is 273 g/mol. The molecule has 0 aliphatic carbocycles. The Hall–Kier alpha value is -0.340. The van der Waals surface area contributed by atoms with Crippen molar-refractivity contribution in [1.29, 1.82) is 0 Å². The van der Waals surface area contributed by atoms with Crippen LogP contribution >= 0.6 is 22.9 Å². The third kappa shape index (κ3) is 4.11. The Morgan fingerprint density at radius 1 is 1.47 bits per heavy atom. The zero-order valence-electron chi connectivity index (χ0n) is 10.9. The third-order valence-electron chi connectivity index (χ3n) is 3.17. The summed E-state index contributed by atoms with van der Waals surface area (Å²) in [5.74, 6) is 0.733. The van der Waals surface area contributed by atoms with Crippen molar-refractivity contribution in [2.75, 3.05) is 0 Å². The highest BCUT2D eigenvalue weighted by Gasteiger charge is 2.18. The molecule has 1 unspecified atom stereocenters. The highest BCUT2D eigenvalue weighted by molar-refractivity contribution is 7.13. The van der Waals surface area contributed by atoms with Crippen LogP contribution in [-0.2, 0) is 0 Å². The summed E-state index contributed by atoms with van der Waals surface area (Å²) in [6.07, 6.45) is 5.29. The first kappa shape index (κ1) is 14.7. The van der Waals surface area contributed by atoms with E-state index >= 15 is 0 Å². The fraction of sp³-hybridized carbons (Fsp3) is 0.643. The molecule has 0 bridgehead atoms. The van der Waals surface area contributed by atoms with Gasteiger partial charge in [0.1, 0.15) is 0 Å². The van der Waals surface area contributed by atoms with Gasteiger partial charge in [-0.3, -0.25) is 4.79 Å². The lowest BCUT2D eigenvalue weighted by Crippen LogP contribution is -2.07. The van der Waals surface area contributed by atoms with Crippen molar-refractivity contribution in [1.82, 2.24) is 0 Å². The number of halogens is 1. The normalized spacial score (nSPS) is 12.7. The Labute approximate surface area is 113 Å². The fourth-order valence-corrected chi connectivity index (χ4v) is 3.17. The van der Waals surface area contributed by atoms with Crippen LogP contribution in [0.3, 0.4) is 0 Å². The molecule has 0 aromatic carbocycles. The van der Waals surface area contributed by atoms with Crippen LogP contribution in [0, 0.1) is 12.8 Å². The average Bonchev–Trinajstić information content (AvgIpc) is 2.65. The zero-order valence-corrected chi connectivity index (χ0v) is 12.5. The van der Waals surface area contributed by atoms with Gasteiger partial charge in [-0.1, -0.05) is 51.1 Å². The standard InChI is InChI=1S/C14H21ClOS/c1-4-6-7-11(5-2)8-12(16)14-13(15)10(3)9-17-14/h9,11H,4-8H2,1-3H3. The predicted molar refractivity (Wildman–Crippen MR) is 76.3 cm³/mol. The van der Waals surface area contributed by atoms with Gasteiger partial charge in [-0.15, -0.1) is 11.3 Å². The summed E-state index contributed by atoms with van der Waals surface area (Å²) in [5, 5.41) is 2.62. The van der Waals surface area contributed by atoms with Crippen molar-refractivity contribution < 1.29 is 4.79 Å². The molecule has 17 heavy (non-hydrogen) atoms. The van der Waals surface area contributed by atoms with Gasteiger partial charge in [0.15, 0.2) is 5.78 Å². The molecule has 0 saturated heterocycles. The molecule has 1 aromatic heterocycles. The quantitative estimate of drug-likeness (QED) is 0.599. The number of rotatable bonds is 7. The maximum atomic E-state index is 12.1. The molecule has 0 radical (unpaired) electrons. The highest BCUT2D eigenvalue weighted by Crippen LogP contribution is 2.30. The van der Waals surface area contributed by atoms with Crippen LogP contribution in [0.25, 0.3) is 0 Å². The van der Waals surface area contributed by atoms with Crippen LogP contribution in [0.1, 0.15) is 61.2 Å². The molecule has 1 rings (SSSR count). The SMILES string of the molecule is CCCCC(CC)CC(=O)c1scc(C)c1Cl. The molecule has 1 heterocycles. The Morgan fingerprint density at radius 3 is 2.65 bits per heavy atom. The highest BCUT2D eigenvalue weighted by atomic mass is 35.5. The molecular formula is C14H21ClOS. The number of carbonyl (C=O) groups excluding carboxylic acids is 1. The number of Topliss-reactive ketones (excluding diaryl/α,β-unsaturated/α-hetero) is 1. The first-order valence-electron chi connectivity index (χ1n) is 6.36. The van der Waals surface area contributed by atoms with Crippen molar-refractivity contribution in [2.24, 2.45) is 5.92 Å². The predicted octanol–water partition coefficient (Wildman–Crippen LogP) is 5.50. The second-order valence-corrected chi connectivity index (χ2v) is 5.86. The zero-order chi connectivity index (χ0) is 12.8. The number of hydrogen-bond donors (Lipinski definition) is 0. The summed E-state index contributed by atoms with van der Waals surface area (Å²) >= 11 is 7.60. The van der Waals surface area contributed by atoms with Gasteiger partial charge in [0.2, 0.25) is 0 Å². The summed E-state index contributed by atoms with van der Waals surface area (Å²) in [4.78, 5) is 12.9. The number of aryl methyl sites for hydroxylation is 1. The molecule has 1 nitrogen and oxygen atoms in total. The monoisotopic (exact) mass is 272 g/mol. The van der Waals surface area contributed by atoms with E-state index in [1.54, 1.807) is 0 Å². The lowest BCUT2D eigenvalue weighted by atomic mass is 9.93. The number of thiophene rings is 1. The minimum absolute atomic E-state index is 0.219. The van der Waals surface area contributed by atoms with Gasteiger partial charge in [0, 0.05) is 6.42 Å². The largest absolute Gasteiger partial charge is 0.293 e. The minimum Gasteiger partial charge on any atom is -0.293 e. The first-order chi connectivity index (χ1) is 8.10. The maximum Gasteiger partial charge on any atom is 0.174 e. The third-order valence-corrected chi connectivity index (χ3v) is 4.91. The molecule has 0 fully saturated rings. The van der Waals surface area contributed by atoms with Gasteiger partial charge in [-0.2, -0.15) is 0 Å². The Kier molecular flexibility index (Phi) is 6.21. The Bertz CT molecular complexity index is 370. The molecular weight excluding hydrogens is 252 g/mol. The van der Waals surface area contributed by atoms with Crippen LogP contribution in [0.5, 0.6) is 0 Å². The number of ketones is 1. The van der Waals surface area contributed by atoms with Crippen LogP contribution in [0.4, 0.5) is 0 Å². The van der Waals surface area contributed by atoms with Gasteiger partial charge in [0.05, 0.1) is 9.90 Å². The number of hydrogen-bond acceptors (Lipinski definition) is 2. The van der Waals surface area contributed by atoms with E-state index in [0.717, 1.165) is 23.3 Å². The molecule has 0 spiro atoms. The first-order valence-corrected chi connectivity index (χ1v) is 7.62. The van der Waals surface area contributed by atoms with Gasteiger partial charge in [0.25, 0.3) is 0 Å². The van der Waals surface area contributed by atoms with Crippen LogP contribution < -0.4 is 0 Å². The fourth-order valence-electron chi connectivity index (χ4n) is 1.92. The number of unbranched alkanes of at least 4 members (excludes halogenated alkanes) is 1. The van der Waals surface area contributed by atoms with Gasteiger partial charge in [-0.25, -0.2) is 0 Å². The van der Waals surface area contributed by atoms with E-state index in [1.807, 2.05) is 12.3 Å². The van der Waals surface area contributed by atoms with Crippen molar-refractivity contribution in [3.8, 4) is 0 Å². The van der Waals surface area contributed by atoms with E-state index in [4.69, 9.17) is 11.6 Å². The smallest absolute Gasteiger partial charge is 0.174 e. The molecule has 0 saturated carbocycles. The summed E-state index contributed by atoms with van der Waals surface area (Å²) in [6, 6.07) is 0. The summed E-state index contributed by atoms with van der Waals surface area (Å²) < 4.78 is 0. The second kappa shape index (κ2) is 7.17. The minimum atomic E-state index is 0.219. The van der Waals surface area contributed by atoms with E-state index in [-0.39, 0.29) is 5.78 Å². The van der Waals surface area contributed by atoms with Gasteiger partial charge >= 0.3 is 0 Å². The van der Waals surface area contributed by atoms with Crippen molar-refractivity contribution in [3.05, 3.63) is 20.8 Å². The van der Waals surface area contributed by atoms with Crippen molar-refractivity contribution in [3.63, 3.8) is 0 Å². The Balaban J connectivity index is 2.61.